The van der Waals surface area contributed by atoms with Crippen LogP contribution in [0.1, 0.15) is 18.9 Å². The lowest BCUT2D eigenvalue weighted by molar-refractivity contribution is 0.0523. The normalized spacial score (nSPS) is 34.6. The van der Waals surface area contributed by atoms with E-state index in [0.29, 0.717) is 6.04 Å². The van der Waals surface area contributed by atoms with Crippen LogP contribution in [0.5, 0.6) is 0 Å². The lowest BCUT2D eigenvalue weighted by Gasteiger charge is -2.44. The van der Waals surface area contributed by atoms with Gasteiger partial charge < -0.3 is 10.6 Å². The molecule has 1 unspecified atom stereocenters. The summed E-state index contributed by atoms with van der Waals surface area (Å²) in [5.41, 5.74) is 6.04. The molecule has 0 radical (unpaired) electrons. The smallest absolute Gasteiger partial charge is 0.135 e. The maximum absolute atomic E-state index is 6.04. The van der Waals surface area contributed by atoms with Gasteiger partial charge in [-0.2, -0.15) is 5.10 Å². The maximum atomic E-state index is 6.04. The molecule has 0 amide bonds. The van der Waals surface area contributed by atoms with Crippen molar-refractivity contribution in [2.24, 2.45) is 5.92 Å². The number of nitrogens with zero attached hydrogens (tertiary/aromatic N) is 3. The first-order chi connectivity index (χ1) is 7.25. The number of rotatable bonds is 1. The topological polar surface area (TPSA) is 47.1 Å². The van der Waals surface area contributed by atoms with Crippen molar-refractivity contribution in [3.8, 4) is 0 Å². The predicted octanol–water partition coefficient (Wildman–Crippen LogP) is 1.34. The summed E-state index contributed by atoms with van der Waals surface area (Å²) in [5.74, 6) is 1.63. The van der Waals surface area contributed by atoms with Crippen LogP contribution in [0.2, 0.25) is 0 Å². The van der Waals surface area contributed by atoms with Crippen LogP contribution in [0.4, 0.5) is 5.82 Å². The van der Waals surface area contributed by atoms with Gasteiger partial charge in [-0.1, -0.05) is 0 Å². The Labute approximate surface area is 103 Å². The second-order valence-corrected chi connectivity index (χ2v) is 5.69. The molecule has 0 saturated carbocycles. The van der Waals surface area contributed by atoms with Gasteiger partial charge in [-0.15, -0.1) is 0 Å². The quantitative estimate of drug-likeness (QED) is 0.795. The number of nitrogens with two attached hydrogens (primary N) is 1. The van der Waals surface area contributed by atoms with Crippen LogP contribution in [0.15, 0.2) is 6.20 Å². The van der Waals surface area contributed by atoms with Crippen LogP contribution < -0.4 is 5.73 Å². The van der Waals surface area contributed by atoms with Crippen molar-refractivity contribution in [2.45, 2.75) is 18.9 Å². The molecule has 2 N–H and O–H groups in total. The molecule has 2 bridgehead atoms. The molecule has 1 aromatic rings. The average Bonchev–Trinajstić information content (AvgIpc) is 2.61. The summed E-state index contributed by atoms with van der Waals surface area (Å²) in [5, 5.41) is 4.42. The number of hydrogen-bond donors (Lipinski definition) is 1. The molecule has 3 aliphatic rings. The minimum absolute atomic E-state index is 0.510. The van der Waals surface area contributed by atoms with Gasteiger partial charge in [-0.25, -0.2) is 4.68 Å². The summed E-state index contributed by atoms with van der Waals surface area (Å²) in [6.07, 6.45) is 4.48. The van der Waals surface area contributed by atoms with Crippen molar-refractivity contribution in [3.63, 3.8) is 0 Å². The number of piperidine rings is 3. The van der Waals surface area contributed by atoms with Gasteiger partial charge >= 0.3 is 0 Å². The van der Waals surface area contributed by atoms with Gasteiger partial charge in [-0.05, 0) is 54.4 Å². The highest BCUT2D eigenvalue weighted by Crippen LogP contribution is 2.36. The molecule has 3 fully saturated rings. The predicted molar refractivity (Wildman–Crippen MR) is 67.6 cm³/mol. The van der Waals surface area contributed by atoms with Crippen LogP contribution in [0, 0.1) is 9.49 Å². The Hall–Kier alpha value is -0.300. The number of halogens is 1. The first-order valence-corrected chi connectivity index (χ1v) is 6.54. The Bertz CT molecular complexity index is 367. The standard InChI is InChI=1S/C10H15IN4/c11-8-5-13-15(10(8)12)9-6-14-3-1-7(9)2-4-14/h5,7,9H,1-4,6,12H2. The van der Waals surface area contributed by atoms with Gasteiger partial charge in [0, 0.05) is 6.54 Å². The molecule has 0 aromatic carbocycles. The van der Waals surface area contributed by atoms with Crippen molar-refractivity contribution < 1.29 is 0 Å². The molecule has 4 nitrogen and oxygen atoms in total. The third kappa shape index (κ3) is 1.56. The minimum Gasteiger partial charge on any atom is -0.383 e. The van der Waals surface area contributed by atoms with E-state index in [1.54, 1.807) is 0 Å². The minimum atomic E-state index is 0.510. The summed E-state index contributed by atoms with van der Waals surface area (Å²) >= 11 is 2.25. The van der Waals surface area contributed by atoms with Crippen LogP contribution in [-0.4, -0.2) is 34.3 Å². The van der Waals surface area contributed by atoms with Crippen LogP contribution in [0.25, 0.3) is 0 Å². The van der Waals surface area contributed by atoms with Crippen molar-refractivity contribution >= 4 is 28.4 Å². The summed E-state index contributed by atoms with van der Waals surface area (Å²) in [6, 6.07) is 0.510. The number of aromatic nitrogens is 2. The molecule has 3 saturated heterocycles. The van der Waals surface area contributed by atoms with E-state index in [0.717, 1.165) is 21.9 Å². The van der Waals surface area contributed by atoms with Gasteiger partial charge in [0.05, 0.1) is 15.8 Å². The molecule has 0 aliphatic carbocycles. The Morgan fingerprint density at radius 3 is 2.60 bits per heavy atom. The van der Waals surface area contributed by atoms with Gasteiger partial charge in [0.2, 0.25) is 0 Å². The van der Waals surface area contributed by atoms with Crippen LogP contribution >= 0.6 is 22.6 Å². The number of anilines is 1. The summed E-state index contributed by atoms with van der Waals surface area (Å²) in [7, 11) is 0. The van der Waals surface area contributed by atoms with Gasteiger partial charge in [-0.3, -0.25) is 0 Å². The van der Waals surface area contributed by atoms with Crippen molar-refractivity contribution in [2.75, 3.05) is 25.4 Å². The van der Waals surface area contributed by atoms with Crippen molar-refractivity contribution in [1.29, 1.82) is 0 Å². The molecular weight excluding hydrogens is 303 g/mol. The molecule has 0 spiro atoms. The van der Waals surface area contributed by atoms with Crippen LogP contribution in [0.3, 0.4) is 0 Å². The second kappa shape index (κ2) is 3.62. The summed E-state index contributed by atoms with van der Waals surface area (Å²) in [4.78, 5) is 2.53. The number of fused-ring (bicyclic) bond motifs is 3. The molecular formula is C10H15IN4. The van der Waals surface area contributed by atoms with E-state index < -0.39 is 0 Å². The van der Waals surface area contributed by atoms with E-state index in [4.69, 9.17) is 5.73 Å². The highest BCUT2D eigenvalue weighted by Gasteiger charge is 2.36. The molecule has 1 aromatic heterocycles. The Morgan fingerprint density at radius 2 is 2.13 bits per heavy atom. The van der Waals surface area contributed by atoms with E-state index in [1.807, 2.05) is 10.9 Å². The average molecular weight is 318 g/mol. The molecule has 5 heteroatoms. The molecule has 82 valence electrons. The van der Waals surface area contributed by atoms with E-state index in [9.17, 15) is 0 Å². The Kier molecular flexibility index (Phi) is 2.39. The largest absolute Gasteiger partial charge is 0.383 e. The Morgan fingerprint density at radius 1 is 1.40 bits per heavy atom. The third-order valence-corrected chi connectivity index (χ3v) is 4.55. The highest BCUT2D eigenvalue weighted by atomic mass is 127. The molecule has 4 rings (SSSR count). The first-order valence-electron chi connectivity index (χ1n) is 5.46. The van der Waals surface area contributed by atoms with Gasteiger partial charge in [0.1, 0.15) is 5.82 Å². The van der Waals surface area contributed by atoms with Crippen LogP contribution in [-0.2, 0) is 0 Å². The van der Waals surface area contributed by atoms with E-state index >= 15 is 0 Å². The molecule has 3 aliphatic heterocycles. The fourth-order valence-corrected chi connectivity index (χ4v) is 3.20. The molecule has 1 atom stereocenters. The fourth-order valence-electron chi connectivity index (χ4n) is 2.83. The zero-order valence-corrected chi connectivity index (χ0v) is 10.7. The highest BCUT2D eigenvalue weighted by molar-refractivity contribution is 14.1. The zero-order chi connectivity index (χ0) is 10.4. The lowest BCUT2D eigenvalue weighted by Crippen LogP contribution is -2.48. The fraction of sp³-hybridized carbons (Fsp3) is 0.700. The molecule has 15 heavy (non-hydrogen) atoms. The van der Waals surface area contributed by atoms with E-state index in [2.05, 4.69) is 32.6 Å². The van der Waals surface area contributed by atoms with Crippen molar-refractivity contribution in [1.82, 2.24) is 14.7 Å². The van der Waals surface area contributed by atoms with Crippen molar-refractivity contribution in [3.05, 3.63) is 9.77 Å². The van der Waals surface area contributed by atoms with E-state index in [1.165, 1.54) is 25.9 Å². The van der Waals surface area contributed by atoms with E-state index in [-0.39, 0.29) is 0 Å². The number of nitrogen functional groups attached to an aromatic ring is 1. The molecule has 4 heterocycles. The third-order valence-electron chi connectivity index (χ3n) is 3.72. The summed E-state index contributed by atoms with van der Waals surface area (Å²) < 4.78 is 3.11. The lowest BCUT2D eigenvalue weighted by atomic mass is 9.84. The second-order valence-electron chi connectivity index (χ2n) is 4.53. The summed E-state index contributed by atoms with van der Waals surface area (Å²) in [6.45, 7) is 3.66. The number of hydrogen-bond acceptors (Lipinski definition) is 3. The monoisotopic (exact) mass is 318 g/mol. The Balaban J connectivity index is 1.91. The maximum Gasteiger partial charge on any atom is 0.135 e. The first kappa shape index (κ1) is 9.89. The SMILES string of the molecule is Nc1c(I)cnn1C1CN2CCC1CC2. The van der Waals surface area contributed by atoms with Gasteiger partial charge in [0.25, 0.3) is 0 Å². The van der Waals surface area contributed by atoms with Gasteiger partial charge in [0.15, 0.2) is 0 Å². The zero-order valence-electron chi connectivity index (χ0n) is 8.56.